The van der Waals surface area contributed by atoms with Gasteiger partial charge in [0.1, 0.15) is 0 Å². The third-order valence-corrected chi connectivity index (χ3v) is 5.98. The summed E-state index contributed by atoms with van der Waals surface area (Å²) < 4.78 is 0. The molecule has 0 radical (unpaired) electrons. The first-order valence-corrected chi connectivity index (χ1v) is 9.12. The number of nitrogens with zero attached hydrogens (tertiary/aromatic N) is 3. The molecule has 130 valence electrons. The minimum absolute atomic E-state index is 0.0516. The van der Waals surface area contributed by atoms with Crippen molar-refractivity contribution in [2.75, 3.05) is 0 Å². The summed E-state index contributed by atoms with van der Waals surface area (Å²) in [6.45, 7) is 4.26. The molecule has 2 aliphatic carbocycles. The Balaban J connectivity index is 2.18. The molecule has 1 aromatic carbocycles. The van der Waals surface area contributed by atoms with E-state index >= 15 is 0 Å². The van der Waals surface area contributed by atoms with E-state index in [-0.39, 0.29) is 17.5 Å². The smallest absolute Gasteiger partial charge is 0.203 e. The molecule has 0 spiro atoms. The largest absolute Gasteiger partial charge is 0.305 e. The summed E-state index contributed by atoms with van der Waals surface area (Å²) >= 11 is 0. The first-order valence-electron chi connectivity index (χ1n) is 9.12. The minimum atomic E-state index is -1.59. The van der Waals surface area contributed by atoms with Crippen molar-refractivity contribution in [2.45, 2.75) is 39.0 Å². The Morgan fingerprint density at radius 3 is 2.35 bits per heavy atom. The molecule has 4 atom stereocenters. The molecule has 0 aromatic heterocycles. The van der Waals surface area contributed by atoms with E-state index in [2.05, 4.69) is 44.2 Å². The van der Waals surface area contributed by atoms with Gasteiger partial charge in [0.2, 0.25) is 5.41 Å². The average Bonchev–Trinajstić information content (AvgIpc) is 2.68. The van der Waals surface area contributed by atoms with Crippen LogP contribution in [0.15, 0.2) is 35.9 Å². The zero-order valence-electron chi connectivity index (χ0n) is 15.2. The van der Waals surface area contributed by atoms with Gasteiger partial charge in [-0.05, 0) is 47.8 Å². The van der Waals surface area contributed by atoms with Crippen LogP contribution in [0.2, 0.25) is 0 Å². The molecular weight excluding hydrogens is 320 g/mol. The molecule has 0 heterocycles. The molecule has 1 N–H and O–H groups in total. The number of hydrogen-bond donors (Lipinski definition) is 1. The van der Waals surface area contributed by atoms with E-state index in [9.17, 15) is 15.8 Å². The van der Waals surface area contributed by atoms with Gasteiger partial charge in [-0.1, -0.05) is 44.2 Å². The topological polar surface area (TPSA) is 95.2 Å². The number of aryl methyl sites for hydroxylation is 1. The number of nitrogens with one attached hydrogen (secondary N) is 1. The summed E-state index contributed by atoms with van der Waals surface area (Å²) in [6, 6.07) is 14.6. The monoisotopic (exact) mass is 342 g/mol. The van der Waals surface area contributed by atoms with Gasteiger partial charge >= 0.3 is 0 Å². The Morgan fingerprint density at radius 2 is 1.81 bits per heavy atom. The van der Waals surface area contributed by atoms with E-state index in [1.165, 1.54) is 5.56 Å². The number of nitriles is 3. The summed E-state index contributed by atoms with van der Waals surface area (Å²) in [5.74, 6) is -0.552. The van der Waals surface area contributed by atoms with Crippen LogP contribution >= 0.6 is 0 Å². The molecule has 4 unspecified atom stereocenters. The standard InChI is InChI=1S/C22H22N4/c1-3-15-5-7-16(8-6-15)20-17-10-14(2)4-9-19(17)22(12-24,13-25)21(26)18(20)11-23/h5-9,14,17-18,20,26H,3-4,10H2,1-2H3. The van der Waals surface area contributed by atoms with Gasteiger partial charge in [0.15, 0.2) is 0 Å². The molecule has 0 saturated heterocycles. The summed E-state index contributed by atoms with van der Waals surface area (Å²) in [7, 11) is 0. The molecule has 4 heteroatoms. The SMILES string of the molecule is CCc1ccc(C2C(C#N)C(=N)C(C#N)(C#N)C3=CCC(C)CC32)cc1. The number of allylic oxidation sites excluding steroid dienone is 2. The molecule has 3 rings (SSSR count). The highest BCUT2D eigenvalue weighted by atomic mass is 14.6. The van der Waals surface area contributed by atoms with Crippen molar-refractivity contribution in [1.29, 1.82) is 21.2 Å². The lowest BCUT2D eigenvalue weighted by molar-refractivity contribution is 0.299. The normalized spacial score (nSPS) is 29.5. The minimum Gasteiger partial charge on any atom is -0.305 e. The van der Waals surface area contributed by atoms with Crippen LogP contribution in [-0.4, -0.2) is 5.71 Å². The van der Waals surface area contributed by atoms with Crippen molar-refractivity contribution in [3.8, 4) is 18.2 Å². The Kier molecular flexibility index (Phi) is 4.67. The Hall–Kier alpha value is -2.90. The van der Waals surface area contributed by atoms with Gasteiger partial charge in [-0.15, -0.1) is 0 Å². The third-order valence-electron chi connectivity index (χ3n) is 5.98. The maximum atomic E-state index is 9.84. The molecule has 1 fully saturated rings. The highest BCUT2D eigenvalue weighted by Crippen LogP contribution is 2.55. The van der Waals surface area contributed by atoms with Crippen LogP contribution in [0.5, 0.6) is 0 Å². The second-order valence-corrected chi connectivity index (χ2v) is 7.46. The van der Waals surface area contributed by atoms with Crippen LogP contribution in [0.1, 0.15) is 43.7 Å². The number of rotatable bonds is 2. The van der Waals surface area contributed by atoms with Gasteiger partial charge in [0.25, 0.3) is 0 Å². The number of fused-ring (bicyclic) bond motifs is 1. The number of benzene rings is 1. The van der Waals surface area contributed by atoms with E-state index in [1.807, 2.05) is 18.2 Å². The average molecular weight is 342 g/mol. The van der Waals surface area contributed by atoms with Gasteiger partial charge in [0.05, 0.1) is 29.8 Å². The lowest BCUT2D eigenvalue weighted by Crippen LogP contribution is -2.48. The quantitative estimate of drug-likeness (QED) is 0.801. The molecule has 1 aromatic rings. The highest BCUT2D eigenvalue weighted by Gasteiger charge is 2.56. The Morgan fingerprint density at radius 1 is 1.15 bits per heavy atom. The Labute approximate surface area is 154 Å². The second kappa shape index (κ2) is 6.78. The molecule has 2 aliphatic rings. The second-order valence-electron chi connectivity index (χ2n) is 7.46. The van der Waals surface area contributed by atoms with Gasteiger partial charge in [0, 0.05) is 5.92 Å². The molecule has 1 saturated carbocycles. The van der Waals surface area contributed by atoms with Crippen LogP contribution in [0.3, 0.4) is 0 Å². The van der Waals surface area contributed by atoms with Gasteiger partial charge in [-0.3, -0.25) is 0 Å². The van der Waals surface area contributed by atoms with Crippen molar-refractivity contribution >= 4 is 5.71 Å². The van der Waals surface area contributed by atoms with Gasteiger partial charge in [-0.25, -0.2) is 0 Å². The lowest BCUT2D eigenvalue weighted by atomic mass is 9.53. The van der Waals surface area contributed by atoms with Crippen molar-refractivity contribution in [3.05, 3.63) is 47.0 Å². The van der Waals surface area contributed by atoms with E-state index in [4.69, 9.17) is 5.41 Å². The summed E-state index contributed by atoms with van der Waals surface area (Å²) in [5.41, 5.74) is 1.33. The van der Waals surface area contributed by atoms with E-state index < -0.39 is 11.3 Å². The van der Waals surface area contributed by atoms with E-state index in [0.29, 0.717) is 5.92 Å². The van der Waals surface area contributed by atoms with Crippen molar-refractivity contribution in [3.63, 3.8) is 0 Å². The fourth-order valence-corrected chi connectivity index (χ4v) is 4.53. The van der Waals surface area contributed by atoms with Crippen molar-refractivity contribution in [2.24, 2.45) is 23.2 Å². The van der Waals surface area contributed by atoms with Crippen LogP contribution in [0.4, 0.5) is 0 Å². The Bertz CT molecular complexity index is 859. The van der Waals surface area contributed by atoms with Crippen LogP contribution in [0, 0.1) is 62.6 Å². The third kappa shape index (κ3) is 2.53. The molecule has 0 bridgehead atoms. The first-order chi connectivity index (χ1) is 12.5. The maximum absolute atomic E-state index is 9.84. The molecule has 0 aliphatic heterocycles. The fraction of sp³-hybridized carbons (Fsp3) is 0.455. The zero-order valence-corrected chi connectivity index (χ0v) is 15.2. The molecule has 26 heavy (non-hydrogen) atoms. The predicted octanol–water partition coefficient (Wildman–Crippen LogP) is 4.51. The molecule has 4 nitrogen and oxygen atoms in total. The molecular formula is C22H22N4. The van der Waals surface area contributed by atoms with Gasteiger partial charge in [-0.2, -0.15) is 15.8 Å². The summed E-state index contributed by atoms with van der Waals surface area (Å²) in [4.78, 5) is 0. The van der Waals surface area contributed by atoms with Crippen LogP contribution < -0.4 is 0 Å². The van der Waals surface area contributed by atoms with Crippen molar-refractivity contribution < 1.29 is 0 Å². The maximum Gasteiger partial charge on any atom is 0.203 e. The summed E-state index contributed by atoms with van der Waals surface area (Å²) in [6.07, 6.45) is 4.58. The fourth-order valence-electron chi connectivity index (χ4n) is 4.53. The van der Waals surface area contributed by atoms with Crippen molar-refractivity contribution in [1.82, 2.24) is 0 Å². The van der Waals surface area contributed by atoms with Crippen LogP contribution in [-0.2, 0) is 6.42 Å². The highest BCUT2D eigenvalue weighted by molar-refractivity contribution is 6.01. The first kappa shape index (κ1) is 17.9. The summed E-state index contributed by atoms with van der Waals surface area (Å²) in [5, 5.41) is 38.0. The van der Waals surface area contributed by atoms with Crippen LogP contribution in [0.25, 0.3) is 0 Å². The number of hydrogen-bond acceptors (Lipinski definition) is 4. The zero-order chi connectivity index (χ0) is 18.9. The predicted molar refractivity (Wildman–Crippen MR) is 99.0 cm³/mol. The van der Waals surface area contributed by atoms with Gasteiger partial charge < -0.3 is 5.41 Å². The lowest BCUT2D eigenvalue weighted by Gasteiger charge is -2.46. The van der Waals surface area contributed by atoms with E-state index in [1.54, 1.807) is 0 Å². The molecule has 0 amide bonds. The van der Waals surface area contributed by atoms with E-state index in [0.717, 1.165) is 30.4 Å².